The van der Waals surface area contributed by atoms with Gasteiger partial charge < -0.3 is 31.2 Å². The quantitative estimate of drug-likeness (QED) is 0.109. The van der Waals surface area contributed by atoms with Crippen molar-refractivity contribution >= 4 is 66.8 Å². The maximum absolute atomic E-state index is 4.60. The molecule has 4 aromatic heterocycles. The fourth-order valence-corrected chi connectivity index (χ4v) is 4.17. The highest BCUT2D eigenvalue weighted by Gasteiger charge is 2.08. The average Bonchev–Trinajstić information content (AvgIpc) is 3.63. The van der Waals surface area contributed by atoms with Crippen molar-refractivity contribution in [2.24, 2.45) is 0 Å². The molecule has 4 heterocycles. The topological polar surface area (TPSA) is 157 Å². The molecule has 194 valence electrons. The van der Waals surface area contributed by atoms with Crippen molar-refractivity contribution < 1.29 is 0 Å². The summed E-state index contributed by atoms with van der Waals surface area (Å²) in [4.78, 5) is 32.2. The Morgan fingerprint density at radius 2 is 1.18 bits per heavy atom. The van der Waals surface area contributed by atoms with E-state index < -0.39 is 0 Å². The van der Waals surface area contributed by atoms with Crippen molar-refractivity contribution in [3.8, 4) is 0 Å². The van der Waals surface area contributed by atoms with E-state index in [1.165, 1.54) is 0 Å². The Balaban J connectivity index is 1.20. The van der Waals surface area contributed by atoms with Gasteiger partial charge in [0, 0.05) is 73.5 Å². The van der Waals surface area contributed by atoms with Crippen LogP contribution in [0.4, 0.5) is 34.9 Å². The van der Waals surface area contributed by atoms with Crippen molar-refractivity contribution in [3.63, 3.8) is 0 Å². The molecule has 0 bridgehead atoms. The standard InChI is InChI=1S/C24H24Br2N12/c25-19-11-31-23(37-21(19)29-6-4-17-9-27-13-33-17)35-15-2-1-3-16(8-15)36-24-32-12-20(26)22(38-24)30-7-5-18-10-28-14-34-18/h1-3,8-14H,4-7H2,(H,27,33)(H,28,34)(H2,29,31,35,37)(H2,30,32,36,38). The Hall–Kier alpha value is -4.04. The van der Waals surface area contributed by atoms with E-state index in [9.17, 15) is 0 Å². The molecule has 0 spiro atoms. The van der Waals surface area contributed by atoms with Gasteiger partial charge in [0.1, 0.15) is 11.6 Å². The summed E-state index contributed by atoms with van der Waals surface area (Å²) in [5, 5.41) is 13.2. The van der Waals surface area contributed by atoms with Crippen LogP contribution in [-0.2, 0) is 12.8 Å². The average molecular weight is 640 g/mol. The number of nitrogens with one attached hydrogen (secondary N) is 6. The van der Waals surface area contributed by atoms with Crippen LogP contribution in [0.1, 0.15) is 11.4 Å². The largest absolute Gasteiger partial charge is 0.369 e. The lowest BCUT2D eigenvalue weighted by molar-refractivity contribution is 0.962. The number of anilines is 6. The van der Waals surface area contributed by atoms with Crippen molar-refractivity contribution in [3.05, 3.63) is 82.0 Å². The molecule has 0 atom stereocenters. The number of H-pyrrole nitrogens is 2. The Kier molecular flexibility index (Phi) is 8.40. The van der Waals surface area contributed by atoms with E-state index in [4.69, 9.17) is 0 Å². The molecular weight excluding hydrogens is 616 g/mol. The molecule has 0 fully saturated rings. The number of benzene rings is 1. The van der Waals surface area contributed by atoms with E-state index in [1.807, 2.05) is 36.7 Å². The van der Waals surface area contributed by atoms with E-state index in [0.29, 0.717) is 36.6 Å². The van der Waals surface area contributed by atoms with Gasteiger partial charge in [0.2, 0.25) is 11.9 Å². The molecule has 0 saturated carbocycles. The predicted molar refractivity (Wildman–Crippen MR) is 154 cm³/mol. The fourth-order valence-electron chi connectivity index (χ4n) is 3.51. The fraction of sp³-hybridized carbons (Fsp3) is 0.167. The third kappa shape index (κ3) is 7.04. The lowest BCUT2D eigenvalue weighted by Crippen LogP contribution is -2.09. The molecule has 6 N–H and O–H groups in total. The second-order valence-corrected chi connectivity index (χ2v) is 9.83. The second kappa shape index (κ2) is 12.5. The lowest BCUT2D eigenvalue weighted by atomic mass is 10.3. The lowest BCUT2D eigenvalue weighted by Gasteiger charge is -2.12. The first kappa shape index (κ1) is 25.6. The van der Waals surface area contributed by atoms with Crippen LogP contribution in [0.25, 0.3) is 0 Å². The molecule has 0 radical (unpaired) electrons. The van der Waals surface area contributed by atoms with Crippen LogP contribution in [0, 0.1) is 0 Å². The molecule has 5 aromatic rings. The zero-order chi connectivity index (χ0) is 26.2. The summed E-state index contributed by atoms with van der Waals surface area (Å²) in [6.45, 7) is 1.40. The number of aromatic nitrogens is 8. The normalized spacial score (nSPS) is 10.8. The molecule has 0 saturated heterocycles. The number of aromatic amines is 2. The van der Waals surface area contributed by atoms with Gasteiger partial charge in [-0.2, -0.15) is 9.97 Å². The van der Waals surface area contributed by atoms with Gasteiger partial charge in [-0.1, -0.05) is 6.07 Å². The number of imidazole rings is 2. The van der Waals surface area contributed by atoms with Gasteiger partial charge in [-0.25, -0.2) is 19.9 Å². The summed E-state index contributed by atoms with van der Waals surface area (Å²) in [6.07, 6.45) is 12.0. The highest BCUT2D eigenvalue weighted by atomic mass is 79.9. The van der Waals surface area contributed by atoms with Crippen LogP contribution in [0.3, 0.4) is 0 Å². The minimum atomic E-state index is 0.470. The maximum atomic E-state index is 4.60. The van der Waals surface area contributed by atoms with Gasteiger partial charge in [0.15, 0.2) is 0 Å². The summed E-state index contributed by atoms with van der Waals surface area (Å²) < 4.78 is 1.56. The number of halogens is 2. The van der Waals surface area contributed by atoms with Gasteiger partial charge in [-0.15, -0.1) is 0 Å². The summed E-state index contributed by atoms with van der Waals surface area (Å²) in [7, 11) is 0. The van der Waals surface area contributed by atoms with Gasteiger partial charge in [-0.05, 0) is 50.1 Å². The van der Waals surface area contributed by atoms with Crippen molar-refractivity contribution in [1.82, 2.24) is 39.9 Å². The monoisotopic (exact) mass is 638 g/mol. The van der Waals surface area contributed by atoms with Gasteiger partial charge in [-0.3, -0.25) is 0 Å². The molecular formula is C24H24Br2N12. The molecule has 14 heteroatoms. The van der Waals surface area contributed by atoms with Crippen molar-refractivity contribution in [2.45, 2.75) is 12.8 Å². The molecule has 0 aliphatic rings. The van der Waals surface area contributed by atoms with E-state index in [0.717, 1.165) is 44.5 Å². The Morgan fingerprint density at radius 3 is 1.63 bits per heavy atom. The Bertz CT molecular complexity index is 1350. The van der Waals surface area contributed by atoms with E-state index in [2.05, 4.69) is 93.0 Å². The molecule has 5 rings (SSSR count). The van der Waals surface area contributed by atoms with Crippen LogP contribution < -0.4 is 21.3 Å². The number of hydrogen-bond donors (Lipinski definition) is 6. The molecule has 12 nitrogen and oxygen atoms in total. The van der Waals surface area contributed by atoms with Gasteiger partial charge in [0.25, 0.3) is 0 Å². The van der Waals surface area contributed by atoms with Crippen LogP contribution in [0.2, 0.25) is 0 Å². The summed E-state index contributed by atoms with van der Waals surface area (Å²) in [5.41, 5.74) is 3.74. The zero-order valence-electron chi connectivity index (χ0n) is 20.0. The minimum Gasteiger partial charge on any atom is -0.369 e. The smallest absolute Gasteiger partial charge is 0.229 e. The first-order chi connectivity index (χ1) is 18.6. The molecule has 1 aromatic carbocycles. The first-order valence-corrected chi connectivity index (χ1v) is 13.3. The minimum absolute atomic E-state index is 0.470. The Morgan fingerprint density at radius 1 is 0.684 bits per heavy atom. The Labute approximate surface area is 235 Å². The summed E-state index contributed by atoms with van der Waals surface area (Å²) in [5.74, 6) is 2.34. The van der Waals surface area contributed by atoms with Crippen LogP contribution >= 0.6 is 31.9 Å². The number of hydrogen-bond acceptors (Lipinski definition) is 10. The predicted octanol–water partition coefficient (Wildman–Crippen LogP) is 5.03. The number of nitrogens with zero attached hydrogens (tertiary/aromatic N) is 6. The molecule has 0 aliphatic heterocycles. The molecule has 0 unspecified atom stereocenters. The highest BCUT2D eigenvalue weighted by molar-refractivity contribution is 9.11. The second-order valence-electron chi connectivity index (χ2n) is 8.12. The summed E-state index contributed by atoms with van der Waals surface area (Å²) >= 11 is 7.02. The van der Waals surface area contributed by atoms with E-state index in [1.54, 1.807) is 25.0 Å². The van der Waals surface area contributed by atoms with E-state index in [-0.39, 0.29) is 0 Å². The van der Waals surface area contributed by atoms with Crippen LogP contribution in [0.15, 0.2) is 70.7 Å². The SMILES string of the molecule is Brc1cnc(Nc2cccc(Nc3ncc(Br)c(NCCc4cnc[nH]4)n3)c2)nc1NCCc1cnc[nH]1. The van der Waals surface area contributed by atoms with E-state index >= 15 is 0 Å². The van der Waals surface area contributed by atoms with Crippen molar-refractivity contribution in [2.75, 3.05) is 34.4 Å². The zero-order valence-corrected chi connectivity index (χ0v) is 23.2. The van der Waals surface area contributed by atoms with Crippen molar-refractivity contribution in [1.29, 1.82) is 0 Å². The molecule has 38 heavy (non-hydrogen) atoms. The molecule has 0 amide bonds. The first-order valence-electron chi connectivity index (χ1n) is 11.7. The maximum Gasteiger partial charge on any atom is 0.229 e. The third-order valence-corrected chi connectivity index (χ3v) is 6.51. The van der Waals surface area contributed by atoms with Crippen LogP contribution in [-0.4, -0.2) is 53.0 Å². The van der Waals surface area contributed by atoms with Crippen LogP contribution in [0.5, 0.6) is 0 Å². The summed E-state index contributed by atoms with van der Waals surface area (Å²) in [6, 6.07) is 7.74. The van der Waals surface area contributed by atoms with Gasteiger partial charge in [0.05, 0.1) is 21.6 Å². The third-order valence-electron chi connectivity index (χ3n) is 5.35. The highest BCUT2D eigenvalue weighted by Crippen LogP contribution is 2.25. The van der Waals surface area contributed by atoms with Gasteiger partial charge >= 0.3 is 0 Å². The molecule has 0 aliphatic carbocycles. The number of rotatable bonds is 12.